The summed E-state index contributed by atoms with van der Waals surface area (Å²) in [5, 5.41) is 19.6. The second-order valence-corrected chi connectivity index (χ2v) is 8.78. The van der Waals surface area contributed by atoms with Crippen molar-refractivity contribution in [2.45, 2.75) is 21.9 Å². The van der Waals surface area contributed by atoms with E-state index in [2.05, 4.69) is 0 Å². The Hall–Kier alpha value is -1.38. The van der Waals surface area contributed by atoms with E-state index in [0.29, 0.717) is 6.07 Å². The zero-order valence-electron chi connectivity index (χ0n) is 13.2. The molecule has 0 aliphatic carbocycles. The van der Waals surface area contributed by atoms with Crippen LogP contribution in [0.5, 0.6) is 0 Å². The number of aromatic nitrogens is 1. The standard InChI is InChI=1S/C14H5Cl4F4N3O2S/c1-5-11(28-14(17,18)22)7(4-23)12(16)24(5)10-8(15)2-6(13(19,20)21)3-9(10)25(26)27/h2-3H,1H3. The molecule has 0 amide bonds. The molecule has 14 heteroatoms. The van der Waals surface area contributed by atoms with Gasteiger partial charge in [0.15, 0.2) is 0 Å². The summed E-state index contributed by atoms with van der Waals surface area (Å²) in [5.41, 5.74) is -3.28. The highest BCUT2D eigenvalue weighted by Gasteiger charge is 2.37. The Morgan fingerprint density at radius 3 is 2.25 bits per heavy atom. The van der Waals surface area contributed by atoms with Crippen LogP contribution in [0.4, 0.5) is 23.2 Å². The van der Waals surface area contributed by atoms with Crippen LogP contribution in [0.25, 0.3) is 5.69 Å². The minimum Gasteiger partial charge on any atom is -0.295 e. The highest BCUT2D eigenvalue weighted by Crippen LogP contribution is 2.48. The molecule has 1 aromatic carbocycles. The van der Waals surface area contributed by atoms with Crippen LogP contribution in [0, 0.1) is 28.4 Å². The monoisotopic (exact) mass is 495 g/mol. The van der Waals surface area contributed by atoms with Crippen LogP contribution < -0.4 is 0 Å². The van der Waals surface area contributed by atoms with E-state index in [-0.39, 0.29) is 34.0 Å². The minimum atomic E-state index is -4.90. The molecule has 1 aromatic heterocycles. The highest BCUT2D eigenvalue weighted by atomic mass is 35.5. The maximum atomic E-state index is 13.7. The first-order valence-corrected chi connectivity index (χ1v) is 9.14. The fraction of sp³-hybridized carbons (Fsp3) is 0.214. The van der Waals surface area contributed by atoms with E-state index in [1.807, 2.05) is 0 Å². The van der Waals surface area contributed by atoms with Gasteiger partial charge in [-0.3, -0.25) is 14.7 Å². The molecule has 0 saturated carbocycles. The van der Waals surface area contributed by atoms with E-state index in [0.717, 1.165) is 4.57 Å². The van der Waals surface area contributed by atoms with Gasteiger partial charge < -0.3 is 0 Å². The molecule has 0 fully saturated rings. The summed E-state index contributed by atoms with van der Waals surface area (Å²) in [5.74, 6) is 0. The summed E-state index contributed by atoms with van der Waals surface area (Å²) < 4.78 is 50.6. The first-order valence-electron chi connectivity index (χ1n) is 6.81. The number of halogens is 8. The van der Waals surface area contributed by atoms with Crippen LogP contribution in [-0.2, 0) is 6.18 Å². The summed E-state index contributed by atoms with van der Waals surface area (Å²) in [6, 6.07) is 2.42. The van der Waals surface area contributed by atoms with Gasteiger partial charge >= 0.3 is 10.1 Å². The van der Waals surface area contributed by atoms with Crippen molar-refractivity contribution in [2.75, 3.05) is 0 Å². The molecule has 0 aliphatic rings. The first kappa shape index (κ1) is 22.9. The van der Waals surface area contributed by atoms with Gasteiger partial charge in [0.25, 0.3) is 5.69 Å². The molecule has 0 spiro atoms. The Kier molecular flexibility index (Phi) is 6.38. The van der Waals surface area contributed by atoms with Crippen molar-refractivity contribution in [1.82, 2.24) is 4.57 Å². The third-order valence-corrected chi connectivity index (χ3v) is 5.46. The second-order valence-electron chi connectivity index (χ2n) is 5.16. The Labute approximate surface area is 178 Å². The lowest BCUT2D eigenvalue weighted by Gasteiger charge is -2.14. The van der Waals surface area contributed by atoms with Gasteiger partial charge in [-0.25, -0.2) is 0 Å². The Morgan fingerprint density at radius 2 is 1.82 bits per heavy atom. The number of nitrogens with zero attached hydrogens (tertiary/aromatic N) is 3. The Bertz CT molecular complexity index is 1010. The topological polar surface area (TPSA) is 71.9 Å². The molecule has 0 atom stereocenters. The van der Waals surface area contributed by atoms with Crippen molar-refractivity contribution in [2.24, 2.45) is 0 Å². The van der Waals surface area contributed by atoms with Crippen molar-refractivity contribution >= 4 is 63.9 Å². The lowest BCUT2D eigenvalue weighted by molar-refractivity contribution is -0.384. The molecule has 0 radical (unpaired) electrons. The molecular formula is C14H5Cl4F4N3O2S. The van der Waals surface area contributed by atoms with Crippen LogP contribution >= 0.6 is 58.2 Å². The third-order valence-electron chi connectivity index (χ3n) is 3.41. The fourth-order valence-electron chi connectivity index (χ4n) is 2.35. The van der Waals surface area contributed by atoms with Gasteiger partial charge in [0.2, 0.25) is 0 Å². The predicted octanol–water partition coefficient (Wildman–Crippen LogP) is 7.04. The molecule has 0 N–H and O–H groups in total. The van der Waals surface area contributed by atoms with Crippen LogP contribution in [0.1, 0.15) is 16.8 Å². The summed E-state index contributed by atoms with van der Waals surface area (Å²) in [7, 11) is 0. The largest absolute Gasteiger partial charge is 0.416 e. The van der Waals surface area contributed by atoms with Gasteiger partial charge in [-0.15, -0.1) is 0 Å². The Morgan fingerprint density at radius 1 is 1.25 bits per heavy atom. The lowest BCUT2D eigenvalue weighted by atomic mass is 10.1. The average molecular weight is 497 g/mol. The molecular weight excluding hydrogens is 492 g/mol. The minimum absolute atomic E-state index is 0.0420. The molecule has 2 aromatic rings. The number of nitro groups is 1. The number of hydrogen-bond acceptors (Lipinski definition) is 4. The van der Waals surface area contributed by atoms with Crippen molar-refractivity contribution in [3.8, 4) is 11.8 Å². The third kappa shape index (κ3) is 4.44. The number of alkyl halides is 6. The lowest BCUT2D eigenvalue weighted by Crippen LogP contribution is -2.09. The molecule has 150 valence electrons. The number of benzene rings is 1. The van der Waals surface area contributed by atoms with E-state index >= 15 is 0 Å². The van der Waals surface area contributed by atoms with Crippen molar-refractivity contribution < 1.29 is 22.5 Å². The van der Waals surface area contributed by atoms with Gasteiger partial charge in [-0.1, -0.05) is 46.4 Å². The number of nitriles is 1. The quantitative estimate of drug-likeness (QED) is 0.149. The van der Waals surface area contributed by atoms with Gasteiger partial charge in [-0.05, 0) is 24.8 Å². The molecule has 1 heterocycles. The van der Waals surface area contributed by atoms with E-state index in [4.69, 9.17) is 46.4 Å². The molecule has 28 heavy (non-hydrogen) atoms. The van der Waals surface area contributed by atoms with Crippen LogP contribution in [0.2, 0.25) is 10.2 Å². The van der Waals surface area contributed by atoms with Gasteiger partial charge in [0.1, 0.15) is 22.5 Å². The SMILES string of the molecule is Cc1c(SC(F)(Cl)Cl)c(C#N)c(Cl)n1-c1c(Cl)cc(C(F)(F)F)cc1[N+](=O)[O-]. The zero-order chi connectivity index (χ0) is 21.6. The van der Waals surface area contributed by atoms with Crippen molar-refractivity contribution in [3.05, 3.63) is 49.2 Å². The van der Waals surface area contributed by atoms with Crippen LogP contribution in [0.3, 0.4) is 0 Å². The smallest absolute Gasteiger partial charge is 0.295 e. The molecule has 0 aliphatic heterocycles. The average Bonchev–Trinajstić information content (AvgIpc) is 2.74. The summed E-state index contributed by atoms with van der Waals surface area (Å²) in [6.45, 7) is 1.28. The van der Waals surface area contributed by atoms with Gasteiger partial charge in [0, 0.05) is 11.8 Å². The summed E-state index contributed by atoms with van der Waals surface area (Å²) in [6.07, 6.45) is -4.90. The van der Waals surface area contributed by atoms with E-state index in [1.165, 1.54) is 6.92 Å². The van der Waals surface area contributed by atoms with Crippen LogP contribution in [-0.4, -0.2) is 13.4 Å². The molecule has 0 bridgehead atoms. The second kappa shape index (κ2) is 7.80. The number of rotatable bonds is 4. The van der Waals surface area contributed by atoms with Gasteiger partial charge in [0.05, 0.1) is 20.4 Å². The maximum absolute atomic E-state index is 13.7. The van der Waals surface area contributed by atoms with E-state index in [9.17, 15) is 32.9 Å². The molecule has 5 nitrogen and oxygen atoms in total. The van der Waals surface area contributed by atoms with Crippen LogP contribution in [0.15, 0.2) is 17.0 Å². The number of nitro benzene ring substituents is 1. The predicted molar refractivity (Wildman–Crippen MR) is 98.3 cm³/mol. The summed E-state index contributed by atoms with van der Waals surface area (Å²) in [4.78, 5) is 10.1. The normalized spacial score (nSPS) is 12.1. The molecule has 0 unspecified atom stereocenters. The maximum Gasteiger partial charge on any atom is 0.416 e. The molecule has 2 rings (SSSR count). The Balaban J connectivity index is 2.90. The fourth-order valence-corrected chi connectivity index (χ4v) is 4.23. The van der Waals surface area contributed by atoms with Gasteiger partial charge in [-0.2, -0.15) is 22.8 Å². The number of hydrogen-bond donors (Lipinski definition) is 0. The van der Waals surface area contributed by atoms with Crippen molar-refractivity contribution in [3.63, 3.8) is 0 Å². The van der Waals surface area contributed by atoms with Crippen molar-refractivity contribution in [1.29, 1.82) is 5.26 Å². The highest BCUT2D eigenvalue weighted by molar-refractivity contribution is 8.03. The van der Waals surface area contributed by atoms with E-state index in [1.54, 1.807) is 6.07 Å². The van der Waals surface area contributed by atoms with E-state index < -0.39 is 42.1 Å². The molecule has 0 saturated heterocycles. The number of thioether (sulfide) groups is 1. The summed E-state index contributed by atoms with van der Waals surface area (Å²) >= 11 is 22.8. The first-order chi connectivity index (χ1) is 12.7. The zero-order valence-corrected chi connectivity index (χ0v) is 17.1.